The van der Waals surface area contributed by atoms with E-state index in [1.54, 1.807) is 18.5 Å². The Hall–Kier alpha value is -1.10. The van der Waals surface area contributed by atoms with E-state index in [1.165, 1.54) is 11.8 Å². The Morgan fingerprint density at radius 2 is 2.00 bits per heavy atom. The Labute approximate surface area is 109 Å². The van der Waals surface area contributed by atoms with Gasteiger partial charge in [-0.3, -0.25) is 0 Å². The first kappa shape index (κ1) is 12.4. The molecule has 88 valence electrons. The van der Waals surface area contributed by atoms with Crippen LogP contribution in [0.3, 0.4) is 0 Å². The Bertz CT molecular complexity index is 481. The summed E-state index contributed by atoms with van der Waals surface area (Å²) in [6.45, 7) is 0. The normalized spacial score (nSPS) is 12.4. The molecule has 1 heterocycles. The smallest absolute Gasteiger partial charge is 0.157 e. The number of aliphatic hydroxyl groups is 1. The molecule has 0 fully saturated rings. The second kappa shape index (κ2) is 6.00. The van der Waals surface area contributed by atoms with E-state index in [0.29, 0.717) is 16.6 Å². The highest BCUT2D eigenvalue weighted by Gasteiger charge is 2.10. The number of aliphatic hydroxyl groups excluding tert-OH is 1. The highest BCUT2D eigenvalue weighted by Crippen LogP contribution is 2.25. The third kappa shape index (κ3) is 3.70. The van der Waals surface area contributed by atoms with Crippen LogP contribution in [-0.2, 0) is 0 Å². The summed E-state index contributed by atoms with van der Waals surface area (Å²) < 4.78 is 0. The minimum Gasteiger partial charge on any atom is -0.384 e. The summed E-state index contributed by atoms with van der Waals surface area (Å²) in [5.41, 5.74) is 0. The molecule has 0 saturated heterocycles. The van der Waals surface area contributed by atoms with Crippen LogP contribution in [0.2, 0.25) is 5.02 Å². The lowest BCUT2D eigenvalue weighted by atomic mass is 10.4. The number of aromatic nitrogens is 2. The van der Waals surface area contributed by atoms with Gasteiger partial charge in [-0.05, 0) is 24.3 Å². The van der Waals surface area contributed by atoms with Crippen LogP contribution in [0.25, 0.3) is 0 Å². The molecule has 1 unspecified atom stereocenters. The zero-order chi connectivity index (χ0) is 12.1. The molecule has 0 aliphatic heterocycles. The highest BCUT2D eigenvalue weighted by molar-refractivity contribution is 7.99. The molecule has 1 aromatic heterocycles. The quantitative estimate of drug-likeness (QED) is 0.865. The third-order valence-electron chi connectivity index (χ3n) is 2.09. The predicted octanol–water partition coefficient (Wildman–Crippen LogP) is 2.96. The van der Waals surface area contributed by atoms with Crippen LogP contribution in [0.4, 0.5) is 0 Å². The maximum absolute atomic E-state index is 9.87. The average molecular weight is 267 g/mol. The molecule has 0 aliphatic carbocycles. The van der Waals surface area contributed by atoms with Gasteiger partial charge < -0.3 is 5.11 Å². The molecular formula is C12H11ClN2OS. The van der Waals surface area contributed by atoms with Gasteiger partial charge in [-0.15, -0.1) is 11.8 Å². The van der Waals surface area contributed by atoms with E-state index >= 15 is 0 Å². The molecule has 17 heavy (non-hydrogen) atoms. The van der Waals surface area contributed by atoms with Crippen LogP contribution in [-0.4, -0.2) is 20.8 Å². The van der Waals surface area contributed by atoms with Crippen molar-refractivity contribution in [3.63, 3.8) is 0 Å². The Morgan fingerprint density at radius 1 is 1.24 bits per heavy atom. The average Bonchev–Trinajstić information content (AvgIpc) is 2.37. The van der Waals surface area contributed by atoms with Gasteiger partial charge >= 0.3 is 0 Å². The molecule has 2 rings (SSSR count). The summed E-state index contributed by atoms with van der Waals surface area (Å²) in [5, 5.41) is 10.6. The number of halogens is 1. The lowest BCUT2D eigenvalue weighted by molar-refractivity contribution is 0.193. The number of hydrogen-bond acceptors (Lipinski definition) is 4. The largest absolute Gasteiger partial charge is 0.384 e. The van der Waals surface area contributed by atoms with Gasteiger partial charge in [0.2, 0.25) is 0 Å². The maximum atomic E-state index is 9.87. The van der Waals surface area contributed by atoms with Crippen molar-refractivity contribution in [2.24, 2.45) is 0 Å². The minimum atomic E-state index is -0.666. The van der Waals surface area contributed by atoms with Gasteiger partial charge in [0.05, 0.1) is 0 Å². The number of thioether (sulfide) groups is 1. The molecule has 1 N–H and O–H groups in total. The second-order valence-corrected chi connectivity index (χ2v) is 4.92. The summed E-state index contributed by atoms with van der Waals surface area (Å²) in [5.74, 6) is 0.951. The van der Waals surface area contributed by atoms with Gasteiger partial charge in [-0.25, -0.2) is 9.97 Å². The molecule has 0 bridgehead atoms. The van der Waals surface area contributed by atoms with Crippen LogP contribution in [0, 0.1) is 0 Å². The minimum absolute atomic E-state index is 0.446. The van der Waals surface area contributed by atoms with Crippen molar-refractivity contribution in [3.05, 3.63) is 53.6 Å². The van der Waals surface area contributed by atoms with Gasteiger partial charge in [0.1, 0.15) is 6.10 Å². The zero-order valence-corrected chi connectivity index (χ0v) is 10.5. The summed E-state index contributed by atoms with van der Waals surface area (Å²) in [4.78, 5) is 9.04. The molecule has 0 saturated carbocycles. The lowest BCUT2D eigenvalue weighted by Gasteiger charge is -2.08. The van der Waals surface area contributed by atoms with E-state index in [9.17, 15) is 5.11 Å². The fourth-order valence-electron chi connectivity index (χ4n) is 1.29. The molecule has 1 aromatic carbocycles. The lowest BCUT2D eigenvalue weighted by Crippen LogP contribution is -2.05. The Balaban J connectivity index is 1.95. The Morgan fingerprint density at radius 3 is 2.71 bits per heavy atom. The van der Waals surface area contributed by atoms with Crippen molar-refractivity contribution in [3.8, 4) is 0 Å². The van der Waals surface area contributed by atoms with E-state index in [4.69, 9.17) is 11.6 Å². The molecule has 1 atom stereocenters. The van der Waals surface area contributed by atoms with Crippen LogP contribution in [0.15, 0.2) is 47.6 Å². The first-order valence-electron chi connectivity index (χ1n) is 5.09. The molecule has 3 nitrogen and oxygen atoms in total. The number of rotatable bonds is 4. The van der Waals surface area contributed by atoms with Crippen LogP contribution in [0.1, 0.15) is 11.9 Å². The highest BCUT2D eigenvalue weighted by atomic mass is 35.5. The van der Waals surface area contributed by atoms with Crippen LogP contribution in [0.5, 0.6) is 0 Å². The topological polar surface area (TPSA) is 46.0 Å². The van der Waals surface area contributed by atoms with Crippen molar-refractivity contribution in [2.45, 2.75) is 11.0 Å². The fourth-order valence-corrected chi connectivity index (χ4v) is 2.43. The maximum Gasteiger partial charge on any atom is 0.157 e. The van der Waals surface area contributed by atoms with Gasteiger partial charge in [0.25, 0.3) is 0 Å². The summed E-state index contributed by atoms with van der Waals surface area (Å²) in [7, 11) is 0. The van der Waals surface area contributed by atoms with Crippen molar-refractivity contribution < 1.29 is 5.11 Å². The first-order chi connectivity index (χ1) is 8.25. The van der Waals surface area contributed by atoms with E-state index in [-0.39, 0.29) is 0 Å². The molecule has 0 spiro atoms. The predicted molar refractivity (Wildman–Crippen MR) is 69.2 cm³/mol. The molecular weight excluding hydrogens is 256 g/mol. The Kier molecular flexibility index (Phi) is 4.36. The van der Waals surface area contributed by atoms with Gasteiger partial charge in [0, 0.05) is 28.1 Å². The summed E-state index contributed by atoms with van der Waals surface area (Å²) in [6, 6.07) is 9.25. The van der Waals surface area contributed by atoms with Crippen molar-refractivity contribution in [2.75, 3.05) is 5.75 Å². The van der Waals surface area contributed by atoms with Crippen molar-refractivity contribution in [1.29, 1.82) is 0 Å². The second-order valence-electron chi connectivity index (χ2n) is 3.39. The standard InChI is InChI=1S/C12H11ClN2OS/c13-9-3-1-4-10(7-9)17-8-11(16)12-14-5-2-6-15-12/h1-7,11,16H,8H2. The van der Waals surface area contributed by atoms with Gasteiger partial charge in [-0.1, -0.05) is 17.7 Å². The van der Waals surface area contributed by atoms with E-state index in [0.717, 1.165) is 4.90 Å². The fraction of sp³-hybridized carbons (Fsp3) is 0.167. The molecule has 0 aliphatic rings. The SMILES string of the molecule is OC(CSc1cccc(Cl)c1)c1ncccn1. The zero-order valence-electron chi connectivity index (χ0n) is 8.95. The van der Waals surface area contributed by atoms with Crippen LogP contribution < -0.4 is 0 Å². The van der Waals surface area contributed by atoms with E-state index in [1.807, 2.05) is 24.3 Å². The molecule has 5 heteroatoms. The monoisotopic (exact) mass is 266 g/mol. The van der Waals surface area contributed by atoms with Crippen molar-refractivity contribution >= 4 is 23.4 Å². The number of benzene rings is 1. The van der Waals surface area contributed by atoms with Gasteiger partial charge in [0.15, 0.2) is 5.82 Å². The van der Waals surface area contributed by atoms with Gasteiger partial charge in [-0.2, -0.15) is 0 Å². The van der Waals surface area contributed by atoms with Crippen molar-refractivity contribution in [1.82, 2.24) is 9.97 Å². The van der Waals surface area contributed by atoms with E-state index in [2.05, 4.69) is 9.97 Å². The number of nitrogens with zero attached hydrogens (tertiary/aromatic N) is 2. The van der Waals surface area contributed by atoms with E-state index < -0.39 is 6.10 Å². The molecule has 2 aromatic rings. The first-order valence-corrected chi connectivity index (χ1v) is 6.45. The molecule has 0 radical (unpaired) electrons. The molecule has 0 amide bonds. The summed E-state index contributed by atoms with van der Waals surface area (Å²) >= 11 is 7.40. The van der Waals surface area contributed by atoms with Crippen LogP contribution >= 0.6 is 23.4 Å². The number of hydrogen-bond donors (Lipinski definition) is 1. The third-order valence-corrected chi connectivity index (χ3v) is 3.39. The summed E-state index contributed by atoms with van der Waals surface area (Å²) in [6.07, 6.45) is 2.57.